The van der Waals surface area contributed by atoms with Crippen LogP contribution >= 0.6 is 23.2 Å². The van der Waals surface area contributed by atoms with E-state index in [-0.39, 0.29) is 17.8 Å². The van der Waals surface area contributed by atoms with E-state index in [0.29, 0.717) is 10.0 Å². The van der Waals surface area contributed by atoms with Gasteiger partial charge in [-0.05, 0) is 37.2 Å². The van der Waals surface area contributed by atoms with Crippen LogP contribution in [0.1, 0.15) is 18.1 Å². The fourth-order valence-corrected chi connectivity index (χ4v) is 3.00. The maximum atomic E-state index is 14.0. The maximum absolute atomic E-state index is 14.0. The number of ether oxygens (including phenoxy) is 1. The minimum Gasteiger partial charge on any atom is -0.482 e. The van der Waals surface area contributed by atoms with Gasteiger partial charge in [0, 0.05) is 35.4 Å². The van der Waals surface area contributed by atoms with Crippen LogP contribution in [-0.4, -0.2) is 18.1 Å². The van der Waals surface area contributed by atoms with Gasteiger partial charge in [-0.1, -0.05) is 23.2 Å². The van der Waals surface area contributed by atoms with E-state index in [1.807, 2.05) is 6.07 Å². The zero-order valence-corrected chi connectivity index (χ0v) is 13.2. The molecule has 3 nitrogen and oxygen atoms in total. The average Bonchev–Trinajstić information content (AvgIpc) is 3.00. The number of hydrogen-bond acceptors (Lipinski definition) is 3. The molecule has 1 N–H and O–H groups in total. The number of benzene rings is 1. The summed E-state index contributed by atoms with van der Waals surface area (Å²) in [6.07, 6.45) is 3.92. The van der Waals surface area contributed by atoms with Gasteiger partial charge in [0.05, 0.1) is 5.02 Å². The Balaban J connectivity index is 1.91. The molecule has 1 aliphatic heterocycles. The number of rotatable bonds is 4. The lowest BCUT2D eigenvalue weighted by Crippen LogP contribution is -2.22. The highest BCUT2D eigenvalue weighted by atomic mass is 35.5. The SMILES string of the molecule is Fc1cc(Cl)ccc1OC(c1cncc(Cl)c1)C1CCNC1. The van der Waals surface area contributed by atoms with Crippen LogP contribution in [0, 0.1) is 11.7 Å². The largest absolute Gasteiger partial charge is 0.482 e. The van der Waals surface area contributed by atoms with Crippen molar-refractivity contribution in [3.63, 3.8) is 0 Å². The van der Waals surface area contributed by atoms with Crippen molar-refractivity contribution in [3.8, 4) is 5.75 Å². The predicted octanol–water partition coefficient (Wildman–Crippen LogP) is 4.26. The van der Waals surface area contributed by atoms with Crippen LogP contribution in [-0.2, 0) is 0 Å². The first-order valence-electron chi connectivity index (χ1n) is 7.06. The summed E-state index contributed by atoms with van der Waals surface area (Å²) in [6.45, 7) is 1.73. The monoisotopic (exact) mass is 340 g/mol. The summed E-state index contributed by atoms with van der Waals surface area (Å²) in [7, 11) is 0. The van der Waals surface area contributed by atoms with E-state index in [1.165, 1.54) is 6.07 Å². The van der Waals surface area contributed by atoms with Crippen molar-refractivity contribution in [2.75, 3.05) is 13.1 Å². The minimum atomic E-state index is -0.474. The van der Waals surface area contributed by atoms with E-state index in [1.54, 1.807) is 24.5 Å². The Kier molecular flexibility index (Phi) is 4.81. The number of nitrogens with one attached hydrogen (secondary N) is 1. The Morgan fingerprint density at radius 2 is 2.09 bits per heavy atom. The molecule has 3 rings (SSSR count). The number of nitrogens with zero attached hydrogens (tertiary/aromatic N) is 1. The summed E-state index contributed by atoms with van der Waals surface area (Å²) < 4.78 is 20.0. The third-order valence-corrected chi connectivity index (χ3v) is 4.17. The van der Waals surface area contributed by atoms with Gasteiger partial charge in [-0.2, -0.15) is 0 Å². The van der Waals surface area contributed by atoms with Crippen LogP contribution in [0.25, 0.3) is 0 Å². The van der Waals surface area contributed by atoms with Crippen molar-refractivity contribution in [1.29, 1.82) is 0 Å². The van der Waals surface area contributed by atoms with Gasteiger partial charge in [-0.15, -0.1) is 0 Å². The lowest BCUT2D eigenvalue weighted by Gasteiger charge is -2.25. The lowest BCUT2D eigenvalue weighted by molar-refractivity contribution is 0.138. The highest BCUT2D eigenvalue weighted by molar-refractivity contribution is 6.30. The molecular weight excluding hydrogens is 326 g/mol. The lowest BCUT2D eigenvalue weighted by atomic mass is 9.96. The van der Waals surface area contributed by atoms with Gasteiger partial charge in [-0.25, -0.2) is 4.39 Å². The van der Waals surface area contributed by atoms with Crippen LogP contribution < -0.4 is 10.1 Å². The Morgan fingerprint density at radius 1 is 1.23 bits per heavy atom. The van der Waals surface area contributed by atoms with Crippen molar-refractivity contribution in [2.24, 2.45) is 5.92 Å². The first-order chi connectivity index (χ1) is 10.6. The highest BCUT2D eigenvalue weighted by Gasteiger charge is 2.29. The van der Waals surface area contributed by atoms with Crippen molar-refractivity contribution in [3.05, 3.63) is 58.1 Å². The summed E-state index contributed by atoms with van der Waals surface area (Å²) >= 11 is 11.8. The fourth-order valence-electron chi connectivity index (χ4n) is 2.66. The summed E-state index contributed by atoms with van der Waals surface area (Å²) in [5, 5.41) is 4.18. The normalized spacial score (nSPS) is 19.1. The average molecular weight is 341 g/mol. The number of hydrogen-bond donors (Lipinski definition) is 1. The summed E-state index contributed by atoms with van der Waals surface area (Å²) in [5.74, 6) is -0.0601. The second-order valence-corrected chi connectivity index (χ2v) is 6.18. The molecule has 0 bridgehead atoms. The molecule has 0 aliphatic carbocycles. The molecule has 1 aromatic heterocycles. The molecule has 2 heterocycles. The standard InChI is InChI=1S/C16H15Cl2FN2O/c17-12-1-2-15(14(19)6-12)22-16(10-3-4-20-7-10)11-5-13(18)9-21-8-11/h1-2,5-6,8-10,16,20H,3-4,7H2. The third-order valence-electron chi connectivity index (χ3n) is 3.73. The zero-order chi connectivity index (χ0) is 15.5. The van der Waals surface area contributed by atoms with Gasteiger partial charge in [0.25, 0.3) is 0 Å². The van der Waals surface area contributed by atoms with Gasteiger partial charge in [0.15, 0.2) is 11.6 Å². The van der Waals surface area contributed by atoms with E-state index in [2.05, 4.69) is 10.3 Å². The molecule has 0 amide bonds. The van der Waals surface area contributed by atoms with E-state index in [9.17, 15) is 4.39 Å². The van der Waals surface area contributed by atoms with E-state index >= 15 is 0 Å². The van der Waals surface area contributed by atoms with Gasteiger partial charge < -0.3 is 10.1 Å². The maximum Gasteiger partial charge on any atom is 0.166 e. The Bertz CT molecular complexity index is 662. The number of aromatic nitrogens is 1. The quantitative estimate of drug-likeness (QED) is 0.902. The van der Waals surface area contributed by atoms with E-state index in [0.717, 1.165) is 25.1 Å². The van der Waals surface area contributed by atoms with Crippen LogP contribution in [0.3, 0.4) is 0 Å². The molecule has 1 fully saturated rings. The second-order valence-electron chi connectivity index (χ2n) is 5.30. The summed E-state index contributed by atoms with van der Waals surface area (Å²) in [6, 6.07) is 6.22. The molecular formula is C16H15Cl2FN2O. The van der Waals surface area contributed by atoms with Gasteiger partial charge in [0.2, 0.25) is 0 Å². The zero-order valence-electron chi connectivity index (χ0n) is 11.7. The van der Waals surface area contributed by atoms with Gasteiger partial charge in [-0.3, -0.25) is 4.98 Å². The Morgan fingerprint density at radius 3 is 2.77 bits per heavy atom. The van der Waals surface area contributed by atoms with Crippen molar-refractivity contribution in [1.82, 2.24) is 10.3 Å². The molecule has 2 atom stereocenters. The molecule has 0 saturated carbocycles. The van der Waals surface area contributed by atoms with E-state index < -0.39 is 5.82 Å². The van der Waals surface area contributed by atoms with Crippen molar-refractivity contribution < 1.29 is 9.13 Å². The summed E-state index contributed by atoms with van der Waals surface area (Å²) in [4.78, 5) is 4.11. The molecule has 0 radical (unpaired) electrons. The third kappa shape index (κ3) is 3.51. The minimum absolute atomic E-state index is 0.182. The second kappa shape index (κ2) is 6.82. The first kappa shape index (κ1) is 15.5. The van der Waals surface area contributed by atoms with Crippen LogP contribution in [0.2, 0.25) is 10.0 Å². The Labute approximate surface area is 138 Å². The van der Waals surface area contributed by atoms with Gasteiger partial charge in [0.1, 0.15) is 6.10 Å². The molecule has 22 heavy (non-hydrogen) atoms. The summed E-state index contributed by atoms with van der Waals surface area (Å²) in [5.41, 5.74) is 0.843. The molecule has 116 valence electrons. The number of halogens is 3. The highest BCUT2D eigenvalue weighted by Crippen LogP contribution is 2.34. The molecule has 2 aromatic rings. The molecule has 6 heteroatoms. The molecule has 0 spiro atoms. The van der Waals surface area contributed by atoms with Gasteiger partial charge >= 0.3 is 0 Å². The van der Waals surface area contributed by atoms with Crippen LogP contribution in [0.5, 0.6) is 5.75 Å². The van der Waals surface area contributed by atoms with E-state index in [4.69, 9.17) is 27.9 Å². The Hall–Kier alpha value is -1.36. The van der Waals surface area contributed by atoms with Crippen LogP contribution in [0.4, 0.5) is 4.39 Å². The van der Waals surface area contributed by atoms with Crippen molar-refractivity contribution in [2.45, 2.75) is 12.5 Å². The predicted molar refractivity (Wildman–Crippen MR) is 85.0 cm³/mol. The van der Waals surface area contributed by atoms with Crippen molar-refractivity contribution >= 4 is 23.2 Å². The topological polar surface area (TPSA) is 34.1 Å². The molecule has 2 unspecified atom stereocenters. The fraction of sp³-hybridized carbons (Fsp3) is 0.312. The molecule has 1 saturated heterocycles. The number of pyridine rings is 1. The molecule has 1 aliphatic rings. The van der Waals surface area contributed by atoms with Crippen LogP contribution in [0.15, 0.2) is 36.7 Å². The smallest absolute Gasteiger partial charge is 0.166 e. The first-order valence-corrected chi connectivity index (χ1v) is 7.82. The molecule has 1 aromatic carbocycles.